The summed E-state index contributed by atoms with van der Waals surface area (Å²) in [6.45, 7) is 9.75. The molecular weight excluding hydrogens is 286 g/mol. The van der Waals surface area contributed by atoms with E-state index in [0.717, 1.165) is 11.1 Å². The largest absolute Gasteiger partial charge is 0.392 e. The molecule has 21 heavy (non-hydrogen) atoms. The number of benzene rings is 1. The van der Waals surface area contributed by atoms with E-state index < -0.39 is 16.1 Å². The molecule has 5 heteroatoms. The van der Waals surface area contributed by atoms with Gasteiger partial charge in [0, 0.05) is 18.5 Å². The van der Waals surface area contributed by atoms with Gasteiger partial charge in [-0.15, -0.1) is 0 Å². The topological polar surface area (TPSA) is 57.6 Å². The SMILES string of the molecule is C=C(C)[C@H]1CN(S(=O)(=O)c2ccc(C)cc2)[C@@H](C)C[C@H]1O. The van der Waals surface area contributed by atoms with Crippen LogP contribution in [0.25, 0.3) is 0 Å². The number of piperidine rings is 1. The summed E-state index contributed by atoms with van der Waals surface area (Å²) in [4.78, 5) is 0.303. The molecule has 1 saturated heterocycles. The fourth-order valence-electron chi connectivity index (χ4n) is 2.79. The molecule has 0 spiro atoms. The molecule has 1 aromatic rings. The molecule has 0 bridgehead atoms. The van der Waals surface area contributed by atoms with Crippen molar-refractivity contribution < 1.29 is 13.5 Å². The molecule has 116 valence electrons. The van der Waals surface area contributed by atoms with Gasteiger partial charge in [0.2, 0.25) is 10.0 Å². The Balaban J connectivity index is 2.34. The van der Waals surface area contributed by atoms with Gasteiger partial charge >= 0.3 is 0 Å². The van der Waals surface area contributed by atoms with Crippen LogP contribution in [0.4, 0.5) is 0 Å². The van der Waals surface area contributed by atoms with Gasteiger partial charge < -0.3 is 5.11 Å². The summed E-state index contributed by atoms with van der Waals surface area (Å²) in [5.74, 6) is -0.207. The average molecular weight is 309 g/mol. The lowest BCUT2D eigenvalue weighted by Crippen LogP contribution is -2.50. The van der Waals surface area contributed by atoms with Crippen molar-refractivity contribution in [1.82, 2.24) is 4.31 Å². The van der Waals surface area contributed by atoms with Crippen molar-refractivity contribution >= 4 is 10.0 Å². The summed E-state index contributed by atoms with van der Waals surface area (Å²) in [5, 5.41) is 10.1. The molecule has 1 heterocycles. The van der Waals surface area contributed by atoms with Gasteiger partial charge in [-0.2, -0.15) is 4.31 Å². The molecule has 0 amide bonds. The lowest BCUT2D eigenvalue weighted by atomic mass is 9.87. The zero-order chi connectivity index (χ0) is 15.8. The molecule has 1 aliphatic heterocycles. The Morgan fingerprint density at radius 1 is 1.33 bits per heavy atom. The van der Waals surface area contributed by atoms with Crippen LogP contribution in [0, 0.1) is 12.8 Å². The molecule has 0 aliphatic carbocycles. The second kappa shape index (κ2) is 5.91. The third-order valence-corrected chi connectivity index (χ3v) is 6.17. The van der Waals surface area contributed by atoms with Crippen LogP contribution in [0.3, 0.4) is 0 Å². The number of aryl methyl sites for hydroxylation is 1. The van der Waals surface area contributed by atoms with E-state index in [1.165, 1.54) is 4.31 Å². The van der Waals surface area contributed by atoms with Crippen LogP contribution in [-0.4, -0.2) is 36.5 Å². The molecule has 0 saturated carbocycles. The van der Waals surface area contributed by atoms with Crippen molar-refractivity contribution in [3.63, 3.8) is 0 Å². The van der Waals surface area contributed by atoms with Crippen molar-refractivity contribution in [3.05, 3.63) is 42.0 Å². The highest BCUT2D eigenvalue weighted by atomic mass is 32.2. The zero-order valence-electron chi connectivity index (χ0n) is 12.8. The van der Waals surface area contributed by atoms with E-state index in [4.69, 9.17) is 0 Å². The first kappa shape index (κ1) is 16.2. The lowest BCUT2D eigenvalue weighted by Gasteiger charge is -2.40. The smallest absolute Gasteiger partial charge is 0.243 e. The minimum absolute atomic E-state index is 0.207. The normalized spacial score (nSPS) is 27.5. The van der Waals surface area contributed by atoms with Gasteiger partial charge in [0.15, 0.2) is 0 Å². The van der Waals surface area contributed by atoms with Crippen LogP contribution < -0.4 is 0 Å². The maximum atomic E-state index is 12.8. The first-order chi connectivity index (χ1) is 9.73. The van der Waals surface area contributed by atoms with Crippen LogP contribution in [0.1, 0.15) is 25.8 Å². The lowest BCUT2D eigenvalue weighted by molar-refractivity contribution is 0.0474. The summed E-state index contributed by atoms with van der Waals surface area (Å²) in [5.41, 5.74) is 1.84. The standard InChI is InChI=1S/C16H23NO3S/c1-11(2)15-10-17(13(4)9-16(15)18)21(19,20)14-7-5-12(3)6-8-14/h5-8,13,15-16,18H,1,9-10H2,2-4H3/t13-,15+,16+/m0/s1. The molecule has 0 aromatic heterocycles. The number of hydrogen-bond donors (Lipinski definition) is 1. The van der Waals surface area contributed by atoms with Crippen molar-refractivity contribution in [2.45, 2.75) is 44.2 Å². The number of nitrogens with zero attached hydrogens (tertiary/aromatic N) is 1. The molecule has 1 aliphatic rings. The first-order valence-electron chi connectivity index (χ1n) is 7.15. The predicted molar refractivity (Wildman–Crippen MR) is 83.5 cm³/mol. The fourth-order valence-corrected chi connectivity index (χ4v) is 4.46. The highest BCUT2D eigenvalue weighted by Gasteiger charge is 2.39. The highest BCUT2D eigenvalue weighted by molar-refractivity contribution is 7.89. The third kappa shape index (κ3) is 3.20. The Morgan fingerprint density at radius 3 is 2.43 bits per heavy atom. The van der Waals surface area contributed by atoms with Gasteiger partial charge in [-0.1, -0.05) is 29.8 Å². The maximum Gasteiger partial charge on any atom is 0.243 e. The summed E-state index contributed by atoms with van der Waals surface area (Å²) < 4.78 is 27.1. The van der Waals surface area contributed by atoms with E-state index in [2.05, 4.69) is 6.58 Å². The highest BCUT2D eigenvalue weighted by Crippen LogP contribution is 2.31. The maximum absolute atomic E-state index is 12.8. The van der Waals surface area contributed by atoms with Crippen molar-refractivity contribution in [1.29, 1.82) is 0 Å². The van der Waals surface area contributed by atoms with Gasteiger partial charge in [0.1, 0.15) is 0 Å². The summed E-state index contributed by atoms with van der Waals surface area (Å²) in [6, 6.07) is 6.65. The zero-order valence-corrected chi connectivity index (χ0v) is 13.6. The van der Waals surface area contributed by atoms with Gasteiger partial charge in [0.05, 0.1) is 11.0 Å². The first-order valence-corrected chi connectivity index (χ1v) is 8.59. The van der Waals surface area contributed by atoms with Crippen LogP contribution >= 0.6 is 0 Å². The Hall–Kier alpha value is -1.17. The van der Waals surface area contributed by atoms with Crippen LogP contribution in [0.2, 0.25) is 0 Å². The summed E-state index contributed by atoms with van der Waals surface area (Å²) in [7, 11) is -3.54. The second-order valence-corrected chi connectivity index (χ2v) is 7.88. The molecule has 1 aromatic carbocycles. The number of sulfonamides is 1. The Bertz CT molecular complexity index is 621. The summed E-state index contributed by atoms with van der Waals surface area (Å²) in [6.07, 6.45) is -0.0928. The van der Waals surface area contributed by atoms with E-state index in [1.54, 1.807) is 24.3 Å². The fraction of sp³-hybridized carbons (Fsp3) is 0.500. The van der Waals surface area contributed by atoms with Crippen LogP contribution in [0.15, 0.2) is 41.3 Å². The molecule has 1 N–H and O–H groups in total. The average Bonchev–Trinajstić information content (AvgIpc) is 2.38. The third-order valence-electron chi connectivity index (χ3n) is 4.18. The van der Waals surface area contributed by atoms with E-state index in [-0.39, 0.29) is 18.5 Å². The van der Waals surface area contributed by atoms with E-state index >= 15 is 0 Å². The molecule has 0 radical (unpaired) electrons. The van der Waals surface area contributed by atoms with E-state index in [0.29, 0.717) is 11.3 Å². The minimum atomic E-state index is -3.54. The van der Waals surface area contributed by atoms with Gasteiger partial charge in [-0.05, 0) is 39.3 Å². The Labute approximate surface area is 127 Å². The molecule has 4 nitrogen and oxygen atoms in total. The number of aliphatic hydroxyl groups excluding tert-OH is 1. The van der Waals surface area contributed by atoms with Crippen LogP contribution in [0.5, 0.6) is 0 Å². The monoisotopic (exact) mass is 309 g/mol. The minimum Gasteiger partial charge on any atom is -0.392 e. The molecule has 3 atom stereocenters. The molecule has 0 unspecified atom stereocenters. The Morgan fingerprint density at radius 2 is 1.90 bits per heavy atom. The predicted octanol–water partition coefficient (Wildman–Crippen LogP) is 2.33. The Kier molecular flexibility index (Phi) is 4.56. The van der Waals surface area contributed by atoms with Gasteiger partial charge in [-0.3, -0.25) is 0 Å². The van der Waals surface area contributed by atoms with Crippen molar-refractivity contribution in [2.24, 2.45) is 5.92 Å². The van der Waals surface area contributed by atoms with Gasteiger partial charge in [0.25, 0.3) is 0 Å². The number of rotatable bonds is 3. The number of aliphatic hydroxyl groups is 1. The van der Waals surface area contributed by atoms with Crippen LogP contribution in [-0.2, 0) is 10.0 Å². The van der Waals surface area contributed by atoms with E-state index in [1.807, 2.05) is 20.8 Å². The number of hydrogen-bond acceptors (Lipinski definition) is 3. The van der Waals surface area contributed by atoms with E-state index in [9.17, 15) is 13.5 Å². The molecule has 2 rings (SSSR count). The molecular formula is C16H23NO3S. The van der Waals surface area contributed by atoms with Gasteiger partial charge in [-0.25, -0.2) is 8.42 Å². The quantitative estimate of drug-likeness (QED) is 0.872. The summed E-state index contributed by atoms with van der Waals surface area (Å²) >= 11 is 0. The second-order valence-electron chi connectivity index (χ2n) is 5.99. The van der Waals surface area contributed by atoms with Crippen molar-refractivity contribution in [2.75, 3.05) is 6.54 Å². The van der Waals surface area contributed by atoms with Crippen molar-refractivity contribution in [3.8, 4) is 0 Å². The molecule has 1 fully saturated rings.